The van der Waals surface area contributed by atoms with Gasteiger partial charge in [-0.05, 0) is 68.3 Å². The number of hydrogen-bond acceptors (Lipinski definition) is 4. The first kappa shape index (κ1) is 23.3. The fourth-order valence-electron chi connectivity index (χ4n) is 4.16. The van der Waals surface area contributed by atoms with E-state index >= 15 is 0 Å². The fraction of sp³-hybridized carbons (Fsp3) is 0.280. The van der Waals surface area contributed by atoms with E-state index in [1.165, 1.54) is 46.2 Å². The van der Waals surface area contributed by atoms with E-state index in [9.17, 15) is 23.2 Å². The van der Waals surface area contributed by atoms with Gasteiger partial charge in [-0.25, -0.2) is 13.9 Å². The number of benzene rings is 2. The summed E-state index contributed by atoms with van der Waals surface area (Å²) >= 11 is 0. The molecule has 176 valence electrons. The van der Waals surface area contributed by atoms with Crippen molar-refractivity contribution in [1.82, 2.24) is 15.1 Å². The monoisotopic (exact) mass is 466 g/mol. The quantitative estimate of drug-likeness (QED) is 0.640. The van der Waals surface area contributed by atoms with Crippen molar-refractivity contribution in [3.8, 4) is 0 Å². The number of hydrogen-bond donors (Lipinski definition) is 1. The molecule has 2 aromatic carbocycles. The first-order valence-corrected chi connectivity index (χ1v) is 10.9. The van der Waals surface area contributed by atoms with Crippen LogP contribution in [0.15, 0.2) is 47.3 Å². The Bertz CT molecular complexity index is 1320. The van der Waals surface area contributed by atoms with Crippen molar-refractivity contribution < 1.29 is 18.4 Å². The van der Waals surface area contributed by atoms with Gasteiger partial charge >= 0.3 is 0 Å². The van der Waals surface area contributed by atoms with Crippen molar-refractivity contribution in [2.75, 3.05) is 18.0 Å². The fourth-order valence-corrected chi connectivity index (χ4v) is 4.16. The van der Waals surface area contributed by atoms with Gasteiger partial charge in [-0.1, -0.05) is 6.07 Å². The molecule has 1 saturated heterocycles. The van der Waals surface area contributed by atoms with Crippen LogP contribution in [-0.4, -0.2) is 46.0 Å². The first-order valence-electron chi connectivity index (χ1n) is 10.9. The van der Waals surface area contributed by atoms with Crippen LogP contribution in [0.25, 0.3) is 0 Å². The highest BCUT2D eigenvalue weighted by Crippen LogP contribution is 2.24. The number of halogens is 2. The van der Waals surface area contributed by atoms with Crippen molar-refractivity contribution >= 4 is 17.5 Å². The van der Waals surface area contributed by atoms with Crippen molar-refractivity contribution in [2.24, 2.45) is 0 Å². The Morgan fingerprint density at radius 2 is 1.79 bits per heavy atom. The van der Waals surface area contributed by atoms with E-state index in [1.54, 1.807) is 26.8 Å². The maximum atomic E-state index is 14.6. The van der Waals surface area contributed by atoms with Crippen molar-refractivity contribution in [3.05, 3.63) is 92.4 Å². The summed E-state index contributed by atoms with van der Waals surface area (Å²) in [5.74, 6) is -2.01. The molecule has 7 nitrogen and oxygen atoms in total. The Morgan fingerprint density at radius 3 is 2.47 bits per heavy atom. The third kappa shape index (κ3) is 4.46. The normalized spacial score (nSPS) is 16.1. The van der Waals surface area contributed by atoms with Gasteiger partial charge in [-0.15, -0.1) is 0 Å². The molecule has 2 amide bonds. The number of nitrogens with zero attached hydrogens (tertiary/aromatic N) is 3. The smallest absolute Gasteiger partial charge is 0.267 e. The summed E-state index contributed by atoms with van der Waals surface area (Å²) in [7, 11) is 0. The molecular weight excluding hydrogens is 442 g/mol. The Kier molecular flexibility index (Phi) is 6.28. The largest absolute Gasteiger partial charge is 0.327 e. The third-order valence-electron chi connectivity index (χ3n) is 6.17. The van der Waals surface area contributed by atoms with Gasteiger partial charge in [0.1, 0.15) is 18.2 Å². The molecule has 0 aliphatic carbocycles. The molecule has 2 heterocycles. The molecule has 0 spiro atoms. The van der Waals surface area contributed by atoms with Crippen LogP contribution in [0.5, 0.6) is 0 Å². The summed E-state index contributed by atoms with van der Waals surface area (Å²) in [6.07, 6.45) is 0.303. The Balaban J connectivity index is 1.55. The van der Waals surface area contributed by atoms with Crippen LogP contribution in [0, 0.1) is 25.5 Å². The maximum absolute atomic E-state index is 14.6. The van der Waals surface area contributed by atoms with Crippen molar-refractivity contribution in [3.63, 3.8) is 0 Å². The molecule has 34 heavy (non-hydrogen) atoms. The molecule has 0 radical (unpaired) electrons. The molecule has 1 atom stereocenters. The Labute approximate surface area is 195 Å². The number of nitrogens with one attached hydrogen (secondary N) is 1. The van der Waals surface area contributed by atoms with E-state index in [4.69, 9.17) is 0 Å². The van der Waals surface area contributed by atoms with E-state index in [1.807, 2.05) is 0 Å². The van der Waals surface area contributed by atoms with Crippen LogP contribution in [0.3, 0.4) is 0 Å². The SMILES string of the molecule is Cc1c(Cc2ccc(F)c(C(=O)N3CC(=O)N(c4ccc(F)cc4)C(C)C3)c2)n[nH]c(=O)c1C. The van der Waals surface area contributed by atoms with E-state index in [0.717, 1.165) is 5.56 Å². The second-order valence-corrected chi connectivity index (χ2v) is 8.52. The molecule has 1 aliphatic heterocycles. The Hall–Kier alpha value is -3.88. The number of amides is 2. The number of aromatic amines is 1. The number of carbonyl (C=O) groups excluding carboxylic acids is 2. The number of aromatic nitrogens is 2. The Morgan fingerprint density at radius 1 is 1.09 bits per heavy atom. The topological polar surface area (TPSA) is 86.4 Å². The minimum Gasteiger partial charge on any atom is -0.327 e. The van der Waals surface area contributed by atoms with E-state index in [-0.39, 0.29) is 36.2 Å². The molecule has 9 heteroatoms. The molecule has 4 rings (SSSR count). The van der Waals surface area contributed by atoms with Gasteiger partial charge in [0.2, 0.25) is 5.91 Å². The van der Waals surface area contributed by atoms with Crippen LogP contribution in [0.1, 0.15) is 39.7 Å². The number of carbonyl (C=O) groups is 2. The molecule has 1 aliphatic rings. The number of H-pyrrole nitrogens is 1. The van der Waals surface area contributed by atoms with Crippen LogP contribution >= 0.6 is 0 Å². The minimum absolute atomic E-state index is 0.133. The predicted octanol–water partition coefficient (Wildman–Crippen LogP) is 3.13. The zero-order valence-electron chi connectivity index (χ0n) is 19.1. The molecule has 0 saturated carbocycles. The summed E-state index contributed by atoms with van der Waals surface area (Å²) in [5, 5.41) is 6.53. The van der Waals surface area contributed by atoms with Gasteiger partial charge in [-0.3, -0.25) is 14.4 Å². The number of piperazine rings is 1. The standard InChI is InChI=1S/C25H24F2N4O3/c1-14-12-30(13-23(32)31(14)19-7-5-18(26)6-8-19)25(34)20-10-17(4-9-21(20)27)11-22-15(2)16(3)24(33)29-28-22/h4-10,14H,11-13H2,1-3H3,(H,29,33). The average Bonchev–Trinajstić information content (AvgIpc) is 2.81. The molecule has 1 fully saturated rings. The number of anilines is 1. The third-order valence-corrected chi connectivity index (χ3v) is 6.17. The molecular formula is C25H24F2N4O3. The van der Waals surface area contributed by atoms with E-state index in [0.29, 0.717) is 28.9 Å². The second kappa shape index (κ2) is 9.17. The van der Waals surface area contributed by atoms with E-state index < -0.39 is 17.5 Å². The zero-order valence-corrected chi connectivity index (χ0v) is 19.1. The first-order chi connectivity index (χ1) is 16.2. The van der Waals surface area contributed by atoms with Crippen LogP contribution in [0.4, 0.5) is 14.5 Å². The summed E-state index contributed by atoms with van der Waals surface area (Å²) < 4.78 is 27.9. The second-order valence-electron chi connectivity index (χ2n) is 8.52. The lowest BCUT2D eigenvalue weighted by molar-refractivity contribution is -0.121. The maximum Gasteiger partial charge on any atom is 0.267 e. The summed E-state index contributed by atoms with van der Waals surface area (Å²) in [6.45, 7) is 5.24. The highest BCUT2D eigenvalue weighted by molar-refractivity contribution is 6.02. The predicted molar refractivity (Wildman–Crippen MR) is 123 cm³/mol. The van der Waals surface area contributed by atoms with Gasteiger partial charge in [0.25, 0.3) is 11.5 Å². The van der Waals surface area contributed by atoms with Crippen molar-refractivity contribution in [1.29, 1.82) is 0 Å². The summed E-state index contributed by atoms with van der Waals surface area (Å²) in [6, 6.07) is 9.43. The molecule has 3 aromatic rings. The van der Waals surface area contributed by atoms with Gasteiger partial charge in [0.15, 0.2) is 0 Å². The van der Waals surface area contributed by atoms with Crippen LogP contribution in [-0.2, 0) is 11.2 Å². The van der Waals surface area contributed by atoms with Gasteiger partial charge in [-0.2, -0.15) is 5.10 Å². The lowest BCUT2D eigenvalue weighted by Gasteiger charge is -2.39. The van der Waals surface area contributed by atoms with E-state index in [2.05, 4.69) is 10.2 Å². The van der Waals surface area contributed by atoms with Crippen LogP contribution in [0.2, 0.25) is 0 Å². The molecule has 0 bridgehead atoms. The lowest BCUT2D eigenvalue weighted by Crippen LogP contribution is -2.57. The van der Waals surface area contributed by atoms with Crippen molar-refractivity contribution in [2.45, 2.75) is 33.2 Å². The molecule has 1 N–H and O–H groups in total. The number of rotatable bonds is 4. The average molecular weight is 466 g/mol. The zero-order chi connectivity index (χ0) is 24.6. The lowest BCUT2D eigenvalue weighted by atomic mass is 10.0. The van der Waals surface area contributed by atoms with Gasteiger partial charge in [0, 0.05) is 24.2 Å². The van der Waals surface area contributed by atoms with Gasteiger partial charge in [0.05, 0.1) is 17.3 Å². The van der Waals surface area contributed by atoms with Crippen LogP contribution < -0.4 is 10.5 Å². The van der Waals surface area contributed by atoms with Gasteiger partial charge < -0.3 is 9.80 Å². The minimum atomic E-state index is -0.683. The highest BCUT2D eigenvalue weighted by Gasteiger charge is 2.34. The molecule has 1 unspecified atom stereocenters. The highest BCUT2D eigenvalue weighted by atomic mass is 19.1. The summed E-state index contributed by atoms with van der Waals surface area (Å²) in [4.78, 5) is 40.6. The molecule has 1 aromatic heterocycles. The summed E-state index contributed by atoms with van der Waals surface area (Å²) in [5.41, 5.74) is 2.70.